The standard InChI is InChI=1S/C23H22ClN7O4/c24-16-1-2-17-19(15(16)11-25)30(5-4-29-6-9-33-10-7-29)23(32)20-18(26-13-31(17)20)22-27-21(28-35-22)14-3-8-34-12-14/h1-2,13-14H,3-10,12H2. The second-order valence-electron chi connectivity index (χ2n) is 8.64. The molecule has 11 nitrogen and oxygen atoms in total. The third-order valence-corrected chi connectivity index (χ3v) is 6.96. The van der Waals surface area contributed by atoms with Gasteiger partial charge < -0.3 is 18.6 Å². The fraction of sp³-hybridized carbons (Fsp3) is 0.435. The fourth-order valence-electron chi connectivity index (χ4n) is 4.77. The highest BCUT2D eigenvalue weighted by molar-refractivity contribution is 6.32. The predicted octanol–water partition coefficient (Wildman–Crippen LogP) is 2.06. The van der Waals surface area contributed by atoms with Crippen molar-refractivity contribution >= 4 is 28.2 Å². The number of hydrogen-bond acceptors (Lipinski definition) is 9. The quantitative estimate of drug-likeness (QED) is 0.409. The minimum atomic E-state index is -0.305. The predicted molar refractivity (Wildman–Crippen MR) is 125 cm³/mol. The number of nitrogens with zero attached hydrogens (tertiary/aromatic N) is 7. The Balaban J connectivity index is 1.52. The topological polar surface area (TPSA) is 124 Å². The van der Waals surface area contributed by atoms with Crippen molar-refractivity contribution in [1.29, 1.82) is 5.26 Å². The summed E-state index contributed by atoms with van der Waals surface area (Å²) in [6.45, 7) is 5.08. The first kappa shape index (κ1) is 22.2. The third-order valence-electron chi connectivity index (χ3n) is 6.64. The van der Waals surface area contributed by atoms with E-state index in [-0.39, 0.29) is 22.9 Å². The highest BCUT2D eigenvalue weighted by atomic mass is 35.5. The summed E-state index contributed by atoms with van der Waals surface area (Å²) in [7, 11) is 0. The molecule has 0 saturated carbocycles. The number of aromatic nitrogens is 5. The van der Waals surface area contributed by atoms with Crippen molar-refractivity contribution in [2.45, 2.75) is 18.9 Å². The molecule has 0 bridgehead atoms. The number of rotatable bonds is 5. The molecule has 6 rings (SSSR count). The minimum Gasteiger partial charge on any atom is -0.381 e. The molecule has 0 spiro atoms. The zero-order chi connectivity index (χ0) is 23.9. The zero-order valence-corrected chi connectivity index (χ0v) is 19.6. The molecule has 12 heteroatoms. The molecule has 2 saturated heterocycles. The molecule has 0 N–H and O–H groups in total. The Labute approximate surface area is 204 Å². The molecule has 0 aliphatic carbocycles. The Bertz CT molecular complexity index is 1510. The van der Waals surface area contributed by atoms with E-state index in [0.717, 1.165) is 19.5 Å². The molecular formula is C23H22ClN7O4. The summed E-state index contributed by atoms with van der Waals surface area (Å²) in [6.07, 6.45) is 2.36. The Hall–Kier alpha value is -3.30. The van der Waals surface area contributed by atoms with Crippen molar-refractivity contribution < 1.29 is 14.0 Å². The van der Waals surface area contributed by atoms with Crippen LogP contribution >= 0.6 is 11.6 Å². The van der Waals surface area contributed by atoms with Crippen LogP contribution in [-0.4, -0.2) is 75.1 Å². The zero-order valence-electron chi connectivity index (χ0n) is 18.8. The number of imidazole rings is 1. The van der Waals surface area contributed by atoms with Gasteiger partial charge in [0.05, 0.1) is 41.4 Å². The Kier molecular flexibility index (Phi) is 5.74. The SMILES string of the molecule is N#Cc1c(Cl)ccc2c1n(CCN1CCOCC1)c(=O)c1c(-c3nc(C4CCOC4)no3)ncn12. The molecule has 0 radical (unpaired) electrons. The van der Waals surface area contributed by atoms with Gasteiger partial charge in [-0.05, 0) is 18.6 Å². The number of nitriles is 1. The van der Waals surface area contributed by atoms with Gasteiger partial charge in [0.15, 0.2) is 11.5 Å². The lowest BCUT2D eigenvalue weighted by molar-refractivity contribution is 0.0364. The molecule has 1 unspecified atom stereocenters. The maximum atomic E-state index is 13.9. The van der Waals surface area contributed by atoms with Crippen molar-refractivity contribution in [1.82, 2.24) is 29.0 Å². The van der Waals surface area contributed by atoms with E-state index >= 15 is 0 Å². The molecular weight excluding hydrogens is 474 g/mol. The molecule has 35 heavy (non-hydrogen) atoms. The fourth-order valence-corrected chi connectivity index (χ4v) is 4.96. The lowest BCUT2D eigenvalue weighted by atomic mass is 10.1. The lowest BCUT2D eigenvalue weighted by Gasteiger charge is -2.27. The summed E-state index contributed by atoms with van der Waals surface area (Å²) in [5, 5.41) is 14.3. The van der Waals surface area contributed by atoms with E-state index in [0.29, 0.717) is 72.6 Å². The van der Waals surface area contributed by atoms with E-state index in [1.165, 1.54) is 0 Å². The van der Waals surface area contributed by atoms with Crippen molar-refractivity contribution in [2.75, 3.05) is 46.1 Å². The van der Waals surface area contributed by atoms with Gasteiger partial charge in [-0.25, -0.2) is 4.98 Å². The smallest absolute Gasteiger partial charge is 0.278 e. The molecule has 4 aromatic rings. The largest absolute Gasteiger partial charge is 0.381 e. The van der Waals surface area contributed by atoms with Crippen LogP contribution in [0.1, 0.15) is 23.7 Å². The normalized spacial score (nSPS) is 19.0. The van der Waals surface area contributed by atoms with E-state index in [1.54, 1.807) is 27.4 Å². The number of halogens is 1. The Morgan fingerprint density at radius 1 is 1.14 bits per heavy atom. The molecule has 2 fully saturated rings. The van der Waals surface area contributed by atoms with Crippen LogP contribution in [0, 0.1) is 11.3 Å². The number of ether oxygens (including phenoxy) is 2. The Morgan fingerprint density at radius 3 is 2.77 bits per heavy atom. The van der Waals surface area contributed by atoms with E-state index in [4.69, 9.17) is 25.6 Å². The maximum absolute atomic E-state index is 13.9. The summed E-state index contributed by atoms with van der Waals surface area (Å²) in [4.78, 5) is 25.1. The van der Waals surface area contributed by atoms with E-state index < -0.39 is 0 Å². The summed E-state index contributed by atoms with van der Waals surface area (Å²) in [5.74, 6) is 0.790. The van der Waals surface area contributed by atoms with Crippen LogP contribution in [0.3, 0.4) is 0 Å². The molecule has 2 aliphatic rings. The summed E-state index contributed by atoms with van der Waals surface area (Å²) >= 11 is 6.36. The van der Waals surface area contributed by atoms with Crippen LogP contribution in [0.5, 0.6) is 0 Å². The van der Waals surface area contributed by atoms with Crippen molar-refractivity contribution in [3.05, 3.63) is 45.2 Å². The molecule has 180 valence electrons. The van der Waals surface area contributed by atoms with Gasteiger partial charge in [0.25, 0.3) is 11.4 Å². The van der Waals surface area contributed by atoms with Crippen molar-refractivity contribution in [3.8, 4) is 17.7 Å². The molecule has 5 heterocycles. The van der Waals surface area contributed by atoms with E-state index in [2.05, 4.69) is 26.1 Å². The van der Waals surface area contributed by atoms with Crippen LogP contribution < -0.4 is 5.56 Å². The average molecular weight is 496 g/mol. The number of fused-ring (bicyclic) bond motifs is 3. The van der Waals surface area contributed by atoms with Crippen molar-refractivity contribution in [3.63, 3.8) is 0 Å². The van der Waals surface area contributed by atoms with Gasteiger partial charge >= 0.3 is 0 Å². The van der Waals surface area contributed by atoms with Gasteiger partial charge in [-0.2, -0.15) is 10.2 Å². The maximum Gasteiger partial charge on any atom is 0.278 e. The first-order valence-corrected chi connectivity index (χ1v) is 11.9. The van der Waals surface area contributed by atoms with Gasteiger partial charge in [0.1, 0.15) is 17.9 Å². The Morgan fingerprint density at radius 2 is 2.00 bits per heavy atom. The highest BCUT2D eigenvalue weighted by Crippen LogP contribution is 2.30. The first-order valence-electron chi connectivity index (χ1n) is 11.5. The van der Waals surface area contributed by atoms with Gasteiger partial charge in [-0.1, -0.05) is 16.8 Å². The average Bonchev–Trinajstić information content (AvgIpc) is 3.65. The highest BCUT2D eigenvalue weighted by Gasteiger charge is 2.27. The molecule has 1 aromatic carbocycles. The van der Waals surface area contributed by atoms with E-state index in [1.807, 2.05) is 0 Å². The molecule has 2 aliphatic heterocycles. The summed E-state index contributed by atoms with van der Waals surface area (Å²) in [6, 6.07) is 5.61. The van der Waals surface area contributed by atoms with Crippen LogP contribution in [0.2, 0.25) is 5.02 Å². The summed E-state index contributed by atoms with van der Waals surface area (Å²) in [5.41, 5.74) is 1.68. The summed E-state index contributed by atoms with van der Waals surface area (Å²) < 4.78 is 19.7. The van der Waals surface area contributed by atoms with Crippen LogP contribution in [0.25, 0.3) is 28.1 Å². The number of morpholine rings is 1. The van der Waals surface area contributed by atoms with Crippen LogP contribution in [0.4, 0.5) is 0 Å². The van der Waals surface area contributed by atoms with E-state index in [9.17, 15) is 10.1 Å². The van der Waals surface area contributed by atoms with Crippen LogP contribution in [0.15, 0.2) is 27.8 Å². The van der Waals surface area contributed by atoms with Crippen molar-refractivity contribution in [2.24, 2.45) is 0 Å². The van der Waals surface area contributed by atoms with Gasteiger partial charge in [-0.15, -0.1) is 0 Å². The second kappa shape index (κ2) is 9.05. The third kappa shape index (κ3) is 3.79. The first-order chi connectivity index (χ1) is 17.2. The van der Waals surface area contributed by atoms with Crippen LogP contribution in [-0.2, 0) is 16.0 Å². The second-order valence-corrected chi connectivity index (χ2v) is 9.05. The molecule has 0 amide bonds. The number of hydrogen-bond donors (Lipinski definition) is 0. The molecule has 3 aromatic heterocycles. The lowest BCUT2D eigenvalue weighted by Crippen LogP contribution is -2.39. The minimum absolute atomic E-state index is 0.0627. The van der Waals surface area contributed by atoms with Gasteiger partial charge in [0, 0.05) is 38.7 Å². The number of benzene rings is 1. The van der Waals surface area contributed by atoms with Gasteiger partial charge in [-0.3, -0.25) is 14.1 Å². The monoisotopic (exact) mass is 495 g/mol. The van der Waals surface area contributed by atoms with Gasteiger partial charge in [0.2, 0.25) is 0 Å². The molecule has 1 atom stereocenters.